The molecule has 0 atom stereocenters. The Morgan fingerprint density at radius 3 is 0.807 bits per heavy atom. The molecule has 0 saturated heterocycles. The molecule has 0 aromatic heterocycles. The van der Waals surface area contributed by atoms with E-state index in [9.17, 15) is 9.59 Å². The Bertz CT molecular complexity index is 795. The first kappa shape index (κ1) is 55.2. The van der Waals surface area contributed by atoms with E-state index in [1.807, 2.05) is 0 Å². The predicted octanol–water partition coefficient (Wildman–Crippen LogP) is 12.2. The quantitative estimate of drug-likeness (QED) is 0.0338. The van der Waals surface area contributed by atoms with Crippen LogP contribution in [0.25, 0.3) is 0 Å². The fraction of sp³-hybridized carbons (Fsp3) is 0.875. The summed E-state index contributed by atoms with van der Waals surface area (Å²) < 4.78 is 38.0. The van der Waals surface area contributed by atoms with E-state index in [1.165, 1.54) is 141 Å². The topological polar surface area (TPSA) is 98.8 Å². The van der Waals surface area contributed by atoms with Crippen LogP contribution in [0.2, 0.25) is 0 Å². The molecule has 336 valence electrons. The summed E-state index contributed by atoms with van der Waals surface area (Å²) in [5.41, 5.74) is 0. The minimum Gasteiger partial charge on any atom is -0.463 e. The van der Waals surface area contributed by atoms with Gasteiger partial charge in [0.25, 0.3) is 0 Å². The molecule has 0 N–H and O–H groups in total. The standard InChI is InChI=1S/C48H90O9/c1-3-5-7-9-11-13-15-17-19-21-23-25-27-29-31-33-47(49)56-45-43-54-41-39-52-37-35-51-36-38-53-40-42-55-44-46-57-48(50)34-32-30-28-26-24-22-20-18-16-14-12-10-8-6-4-2/h17-20H,3-16,21-46H2,1-2H3/b19-17-,20-18-. The van der Waals surface area contributed by atoms with Crippen LogP contribution in [0, 0.1) is 0 Å². The van der Waals surface area contributed by atoms with E-state index >= 15 is 0 Å². The second kappa shape index (κ2) is 50.4. The summed E-state index contributed by atoms with van der Waals surface area (Å²) in [4.78, 5) is 23.8. The molecule has 0 rings (SSSR count). The van der Waals surface area contributed by atoms with Crippen LogP contribution in [0.5, 0.6) is 0 Å². The van der Waals surface area contributed by atoms with E-state index in [0.29, 0.717) is 78.9 Å². The Balaban J connectivity index is 3.24. The van der Waals surface area contributed by atoms with Crippen molar-refractivity contribution in [3.8, 4) is 0 Å². The van der Waals surface area contributed by atoms with Crippen LogP contribution in [-0.4, -0.2) is 91.2 Å². The molecule has 0 aromatic rings. The van der Waals surface area contributed by atoms with Crippen molar-refractivity contribution in [2.45, 2.75) is 194 Å². The van der Waals surface area contributed by atoms with Crippen LogP contribution in [0.4, 0.5) is 0 Å². The fourth-order valence-corrected chi connectivity index (χ4v) is 6.24. The Morgan fingerprint density at radius 1 is 0.298 bits per heavy atom. The minimum atomic E-state index is -0.141. The molecule has 0 fully saturated rings. The van der Waals surface area contributed by atoms with Gasteiger partial charge in [-0.05, 0) is 64.2 Å². The van der Waals surface area contributed by atoms with Crippen LogP contribution in [-0.2, 0) is 42.7 Å². The van der Waals surface area contributed by atoms with Crippen molar-refractivity contribution >= 4 is 11.9 Å². The van der Waals surface area contributed by atoms with Gasteiger partial charge in [-0.3, -0.25) is 9.59 Å². The average Bonchev–Trinajstić information content (AvgIpc) is 3.21. The predicted molar refractivity (Wildman–Crippen MR) is 235 cm³/mol. The maximum absolute atomic E-state index is 11.9. The minimum absolute atomic E-state index is 0.141. The van der Waals surface area contributed by atoms with Crippen LogP contribution >= 0.6 is 0 Å². The summed E-state index contributed by atoms with van der Waals surface area (Å²) in [5.74, 6) is -0.281. The molecule has 0 aromatic carbocycles. The summed E-state index contributed by atoms with van der Waals surface area (Å²) in [5, 5.41) is 0. The first-order valence-electron chi connectivity index (χ1n) is 23.7. The highest BCUT2D eigenvalue weighted by Gasteiger charge is 2.04. The lowest BCUT2D eigenvalue weighted by Crippen LogP contribution is -2.15. The number of hydrogen-bond acceptors (Lipinski definition) is 9. The van der Waals surface area contributed by atoms with Crippen molar-refractivity contribution < 1.29 is 42.7 Å². The number of carbonyl (C=O) groups excluding carboxylic acids is 2. The van der Waals surface area contributed by atoms with Gasteiger partial charge in [-0.25, -0.2) is 0 Å². The van der Waals surface area contributed by atoms with Crippen LogP contribution in [0.15, 0.2) is 24.3 Å². The molecule has 0 spiro atoms. The molecule has 0 bridgehead atoms. The normalized spacial score (nSPS) is 11.7. The van der Waals surface area contributed by atoms with Gasteiger partial charge < -0.3 is 33.2 Å². The molecule has 0 aliphatic heterocycles. The highest BCUT2D eigenvalue weighted by atomic mass is 16.6. The third-order valence-corrected chi connectivity index (χ3v) is 9.75. The molecule has 0 radical (unpaired) electrons. The largest absolute Gasteiger partial charge is 0.463 e. The molecule has 0 amide bonds. The summed E-state index contributed by atoms with van der Waals surface area (Å²) >= 11 is 0. The molecule has 0 unspecified atom stereocenters. The third-order valence-electron chi connectivity index (χ3n) is 9.75. The van der Waals surface area contributed by atoms with E-state index in [-0.39, 0.29) is 25.2 Å². The molecule has 9 nitrogen and oxygen atoms in total. The summed E-state index contributed by atoms with van der Waals surface area (Å²) in [7, 11) is 0. The maximum Gasteiger partial charge on any atom is 0.305 e. The van der Waals surface area contributed by atoms with E-state index in [0.717, 1.165) is 25.7 Å². The highest BCUT2D eigenvalue weighted by molar-refractivity contribution is 5.69. The van der Waals surface area contributed by atoms with Gasteiger partial charge in [0, 0.05) is 12.8 Å². The Hall–Kier alpha value is -1.78. The Labute approximate surface area is 351 Å². The number of allylic oxidation sites excluding steroid dienone is 4. The number of esters is 2. The molecule has 9 heteroatoms. The van der Waals surface area contributed by atoms with E-state index in [4.69, 9.17) is 33.2 Å². The van der Waals surface area contributed by atoms with Gasteiger partial charge in [-0.1, -0.05) is 141 Å². The molecule has 0 aliphatic rings. The SMILES string of the molecule is CCCCCCCC/C=C\CCCCCCCC(=O)OCCOCCOCCOCCOCCOCCOC(=O)CCCCCCC/C=C\CCCCCCCC. The highest BCUT2D eigenvalue weighted by Crippen LogP contribution is 2.12. The van der Waals surface area contributed by atoms with Crippen molar-refractivity contribution in [2.75, 3.05) is 79.3 Å². The average molecular weight is 811 g/mol. The van der Waals surface area contributed by atoms with E-state index in [1.54, 1.807) is 0 Å². The van der Waals surface area contributed by atoms with Gasteiger partial charge in [0.2, 0.25) is 0 Å². The second-order valence-corrected chi connectivity index (χ2v) is 15.2. The number of rotatable bonds is 48. The van der Waals surface area contributed by atoms with Gasteiger partial charge in [0.1, 0.15) is 13.2 Å². The molecule has 57 heavy (non-hydrogen) atoms. The van der Waals surface area contributed by atoms with Gasteiger partial charge in [0.05, 0.1) is 66.1 Å². The van der Waals surface area contributed by atoms with Gasteiger partial charge >= 0.3 is 11.9 Å². The molecule has 0 heterocycles. The van der Waals surface area contributed by atoms with Crippen LogP contribution in [0.1, 0.15) is 194 Å². The van der Waals surface area contributed by atoms with Crippen molar-refractivity contribution in [2.24, 2.45) is 0 Å². The van der Waals surface area contributed by atoms with Gasteiger partial charge in [-0.2, -0.15) is 0 Å². The smallest absolute Gasteiger partial charge is 0.305 e. The van der Waals surface area contributed by atoms with Gasteiger partial charge in [-0.15, -0.1) is 0 Å². The number of unbranched alkanes of at least 4 members (excludes halogenated alkanes) is 22. The first-order chi connectivity index (χ1) is 28.2. The summed E-state index contributed by atoms with van der Waals surface area (Å²) in [6.45, 7) is 9.60. The number of ether oxygens (including phenoxy) is 7. The van der Waals surface area contributed by atoms with Crippen molar-refractivity contribution in [3.63, 3.8) is 0 Å². The Kier molecular flexibility index (Phi) is 48.8. The van der Waals surface area contributed by atoms with Crippen molar-refractivity contribution in [1.82, 2.24) is 0 Å². The Morgan fingerprint density at radius 2 is 0.526 bits per heavy atom. The van der Waals surface area contributed by atoms with Crippen LogP contribution < -0.4 is 0 Å². The third kappa shape index (κ3) is 50.3. The van der Waals surface area contributed by atoms with E-state index < -0.39 is 0 Å². The number of carbonyl (C=O) groups is 2. The second-order valence-electron chi connectivity index (χ2n) is 15.2. The molecule has 0 saturated carbocycles. The first-order valence-corrected chi connectivity index (χ1v) is 23.7. The maximum atomic E-state index is 11.9. The van der Waals surface area contributed by atoms with E-state index in [2.05, 4.69) is 38.2 Å². The lowest BCUT2D eigenvalue weighted by Gasteiger charge is -2.08. The molecular weight excluding hydrogens is 721 g/mol. The van der Waals surface area contributed by atoms with Crippen molar-refractivity contribution in [3.05, 3.63) is 24.3 Å². The molecule has 0 aliphatic carbocycles. The summed E-state index contributed by atoms with van der Waals surface area (Å²) in [6, 6.07) is 0. The zero-order chi connectivity index (χ0) is 41.2. The summed E-state index contributed by atoms with van der Waals surface area (Å²) in [6.07, 6.45) is 42.7. The van der Waals surface area contributed by atoms with Crippen LogP contribution in [0.3, 0.4) is 0 Å². The lowest BCUT2D eigenvalue weighted by molar-refractivity contribution is -0.146. The lowest BCUT2D eigenvalue weighted by atomic mass is 10.1. The van der Waals surface area contributed by atoms with Gasteiger partial charge in [0.15, 0.2) is 0 Å². The monoisotopic (exact) mass is 811 g/mol. The van der Waals surface area contributed by atoms with Crippen molar-refractivity contribution in [1.29, 1.82) is 0 Å². The zero-order valence-electron chi connectivity index (χ0n) is 37.3. The zero-order valence-corrected chi connectivity index (χ0v) is 37.3. The fourth-order valence-electron chi connectivity index (χ4n) is 6.24. The number of hydrogen-bond donors (Lipinski definition) is 0. The molecular formula is C48H90O9.